The summed E-state index contributed by atoms with van der Waals surface area (Å²) in [6.07, 6.45) is 7.43. The SMILES string of the molecule is O=C(NC1CCN(C(=O)NC2CCCCC2)CC1)c1ccc(Oc2ccccc2)cc1. The van der Waals surface area contributed by atoms with Crippen molar-refractivity contribution < 1.29 is 14.3 Å². The number of nitrogens with zero attached hydrogens (tertiary/aromatic N) is 1. The fourth-order valence-corrected chi connectivity index (χ4v) is 4.31. The van der Waals surface area contributed by atoms with E-state index in [9.17, 15) is 9.59 Å². The minimum absolute atomic E-state index is 0.0469. The zero-order chi connectivity index (χ0) is 21.5. The first kappa shape index (κ1) is 21.2. The van der Waals surface area contributed by atoms with Gasteiger partial charge in [0, 0.05) is 30.7 Å². The summed E-state index contributed by atoms with van der Waals surface area (Å²) in [5.41, 5.74) is 0.609. The van der Waals surface area contributed by atoms with Gasteiger partial charge in [0.1, 0.15) is 11.5 Å². The highest BCUT2D eigenvalue weighted by Crippen LogP contribution is 2.22. The monoisotopic (exact) mass is 421 g/mol. The zero-order valence-corrected chi connectivity index (χ0v) is 17.9. The van der Waals surface area contributed by atoms with Crippen LogP contribution in [0.1, 0.15) is 55.3 Å². The molecule has 1 aliphatic heterocycles. The predicted molar refractivity (Wildman–Crippen MR) is 120 cm³/mol. The average molecular weight is 422 g/mol. The van der Waals surface area contributed by atoms with Gasteiger partial charge in [0.2, 0.25) is 0 Å². The van der Waals surface area contributed by atoms with Crippen LogP contribution in [0.4, 0.5) is 4.79 Å². The number of likely N-dealkylation sites (tertiary alicyclic amines) is 1. The van der Waals surface area contributed by atoms with Crippen LogP contribution in [-0.2, 0) is 0 Å². The molecule has 6 heteroatoms. The number of ether oxygens (including phenoxy) is 1. The molecule has 1 heterocycles. The highest BCUT2D eigenvalue weighted by molar-refractivity contribution is 5.94. The molecule has 6 nitrogen and oxygen atoms in total. The Balaban J connectivity index is 1.22. The summed E-state index contributed by atoms with van der Waals surface area (Å²) in [5.74, 6) is 1.37. The first-order valence-corrected chi connectivity index (χ1v) is 11.4. The molecule has 2 aromatic carbocycles. The number of carbonyl (C=O) groups excluding carboxylic acids is 2. The Labute approximate surface area is 184 Å². The van der Waals surface area contributed by atoms with E-state index in [-0.39, 0.29) is 18.0 Å². The van der Waals surface area contributed by atoms with E-state index >= 15 is 0 Å². The first-order valence-electron chi connectivity index (χ1n) is 11.4. The van der Waals surface area contributed by atoms with E-state index in [1.165, 1.54) is 19.3 Å². The molecule has 2 aliphatic rings. The third-order valence-electron chi connectivity index (χ3n) is 6.15. The molecule has 2 aromatic rings. The lowest BCUT2D eigenvalue weighted by atomic mass is 9.95. The number of rotatable bonds is 5. The third-order valence-corrected chi connectivity index (χ3v) is 6.15. The van der Waals surface area contributed by atoms with Gasteiger partial charge in [-0.2, -0.15) is 0 Å². The minimum atomic E-state index is -0.0867. The molecule has 1 saturated heterocycles. The molecule has 2 fully saturated rings. The summed E-state index contributed by atoms with van der Waals surface area (Å²) in [4.78, 5) is 27.0. The van der Waals surface area contributed by atoms with E-state index in [1.807, 2.05) is 35.2 Å². The smallest absolute Gasteiger partial charge is 0.317 e. The lowest BCUT2D eigenvalue weighted by Gasteiger charge is -2.34. The number of hydrogen-bond donors (Lipinski definition) is 2. The first-order chi connectivity index (χ1) is 15.2. The summed E-state index contributed by atoms with van der Waals surface area (Å²) in [5, 5.41) is 6.29. The molecule has 4 rings (SSSR count). The van der Waals surface area contributed by atoms with Crippen molar-refractivity contribution in [1.29, 1.82) is 0 Å². The Kier molecular flexibility index (Phi) is 7.07. The molecular formula is C25H31N3O3. The minimum Gasteiger partial charge on any atom is -0.457 e. The van der Waals surface area contributed by atoms with Crippen molar-refractivity contribution in [2.24, 2.45) is 0 Å². The average Bonchev–Trinajstić information content (AvgIpc) is 2.81. The second kappa shape index (κ2) is 10.3. The van der Waals surface area contributed by atoms with E-state index in [0.717, 1.165) is 31.4 Å². The Morgan fingerprint density at radius 2 is 1.35 bits per heavy atom. The quantitative estimate of drug-likeness (QED) is 0.734. The van der Waals surface area contributed by atoms with Gasteiger partial charge in [0.25, 0.3) is 5.91 Å². The Morgan fingerprint density at radius 3 is 2.03 bits per heavy atom. The zero-order valence-electron chi connectivity index (χ0n) is 17.9. The summed E-state index contributed by atoms with van der Waals surface area (Å²) in [6.45, 7) is 1.35. The van der Waals surface area contributed by atoms with E-state index < -0.39 is 0 Å². The molecule has 0 atom stereocenters. The predicted octanol–water partition coefficient (Wildman–Crippen LogP) is 4.72. The van der Waals surface area contributed by atoms with Crippen molar-refractivity contribution in [3.63, 3.8) is 0 Å². The molecule has 164 valence electrons. The fraction of sp³-hybridized carbons (Fsp3) is 0.440. The number of hydrogen-bond acceptors (Lipinski definition) is 3. The molecule has 0 bridgehead atoms. The lowest BCUT2D eigenvalue weighted by Crippen LogP contribution is -2.51. The van der Waals surface area contributed by atoms with Crippen LogP contribution in [-0.4, -0.2) is 42.0 Å². The van der Waals surface area contributed by atoms with E-state index in [2.05, 4.69) is 10.6 Å². The largest absolute Gasteiger partial charge is 0.457 e. The number of piperidine rings is 1. The van der Waals surface area contributed by atoms with Crippen molar-refractivity contribution >= 4 is 11.9 Å². The van der Waals surface area contributed by atoms with Crippen molar-refractivity contribution in [3.8, 4) is 11.5 Å². The van der Waals surface area contributed by atoms with Gasteiger partial charge in [-0.1, -0.05) is 37.5 Å². The number of para-hydroxylation sites is 1. The van der Waals surface area contributed by atoms with E-state index in [4.69, 9.17) is 4.74 Å². The van der Waals surface area contributed by atoms with Crippen LogP contribution in [0.3, 0.4) is 0 Å². The van der Waals surface area contributed by atoms with Crippen LogP contribution in [0.25, 0.3) is 0 Å². The molecule has 31 heavy (non-hydrogen) atoms. The van der Waals surface area contributed by atoms with Crippen LogP contribution in [0, 0.1) is 0 Å². The van der Waals surface area contributed by atoms with Crippen LogP contribution in [0.2, 0.25) is 0 Å². The topological polar surface area (TPSA) is 70.7 Å². The van der Waals surface area contributed by atoms with Crippen LogP contribution >= 0.6 is 0 Å². The highest BCUT2D eigenvalue weighted by Gasteiger charge is 2.26. The summed E-state index contributed by atoms with van der Waals surface area (Å²) in [6, 6.07) is 17.2. The Hall–Kier alpha value is -3.02. The number of carbonyl (C=O) groups is 2. The maximum Gasteiger partial charge on any atom is 0.317 e. The van der Waals surface area contributed by atoms with Crippen LogP contribution in [0.15, 0.2) is 54.6 Å². The van der Waals surface area contributed by atoms with E-state index in [1.54, 1.807) is 24.3 Å². The number of nitrogens with one attached hydrogen (secondary N) is 2. The molecule has 0 aromatic heterocycles. The summed E-state index contributed by atoms with van der Waals surface area (Å²) < 4.78 is 5.78. The Morgan fingerprint density at radius 1 is 0.742 bits per heavy atom. The maximum atomic E-state index is 12.6. The molecule has 0 spiro atoms. The highest BCUT2D eigenvalue weighted by atomic mass is 16.5. The molecule has 3 amide bonds. The van der Waals surface area contributed by atoms with Gasteiger partial charge in [-0.3, -0.25) is 4.79 Å². The molecule has 0 radical (unpaired) electrons. The van der Waals surface area contributed by atoms with Crippen LogP contribution in [0.5, 0.6) is 11.5 Å². The van der Waals surface area contributed by atoms with Crippen molar-refractivity contribution in [1.82, 2.24) is 15.5 Å². The van der Waals surface area contributed by atoms with Gasteiger partial charge in [-0.05, 0) is 62.1 Å². The van der Waals surface area contributed by atoms with Gasteiger partial charge in [-0.25, -0.2) is 4.79 Å². The van der Waals surface area contributed by atoms with Crippen molar-refractivity contribution in [2.75, 3.05) is 13.1 Å². The van der Waals surface area contributed by atoms with Gasteiger partial charge >= 0.3 is 6.03 Å². The summed E-state index contributed by atoms with van der Waals surface area (Å²) >= 11 is 0. The second-order valence-corrected chi connectivity index (χ2v) is 8.46. The van der Waals surface area contributed by atoms with Crippen LogP contribution < -0.4 is 15.4 Å². The molecule has 2 N–H and O–H groups in total. The molecule has 1 saturated carbocycles. The lowest BCUT2D eigenvalue weighted by molar-refractivity contribution is 0.0917. The third kappa shape index (κ3) is 6.00. The maximum absolute atomic E-state index is 12.6. The second-order valence-electron chi connectivity index (χ2n) is 8.46. The Bertz CT molecular complexity index is 855. The molecular weight excluding hydrogens is 390 g/mol. The van der Waals surface area contributed by atoms with Crippen molar-refractivity contribution in [3.05, 3.63) is 60.2 Å². The van der Waals surface area contributed by atoms with Gasteiger partial charge < -0.3 is 20.3 Å². The fourth-order valence-electron chi connectivity index (χ4n) is 4.31. The molecule has 1 aliphatic carbocycles. The summed E-state index contributed by atoms with van der Waals surface area (Å²) in [7, 11) is 0. The standard InChI is InChI=1S/C25H31N3O3/c29-24(19-11-13-23(14-12-19)31-22-9-5-2-6-10-22)26-21-15-17-28(18-16-21)25(30)27-20-7-3-1-4-8-20/h2,5-6,9-14,20-21H,1,3-4,7-8,15-18H2,(H,26,29)(H,27,30). The van der Waals surface area contributed by atoms with Gasteiger partial charge in [-0.15, -0.1) is 0 Å². The number of urea groups is 1. The number of benzene rings is 2. The number of amides is 3. The van der Waals surface area contributed by atoms with Crippen molar-refractivity contribution in [2.45, 2.75) is 57.0 Å². The van der Waals surface area contributed by atoms with Gasteiger partial charge in [0.15, 0.2) is 0 Å². The molecule has 0 unspecified atom stereocenters. The van der Waals surface area contributed by atoms with Gasteiger partial charge in [0.05, 0.1) is 0 Å². The normalized spacial score (nSPS) is 17.7. The van der Waals surface area contributed by atoms with E-state index in [0.29, 0.717) is 30.4 Å².